The molecule has 0 spiro atoms. The molecule has 1 aliphatic carbocycles. The molecule has 0 amide bonds. The number of hydrogen-bond donors (Lipinski definition) is 0. The molecule has 2 rings (SSSR count). The zero-order valence-electron chi connectivity index (χ0n) is 17.2. The van der Waals surface area contributed by atoms with Gasteiger partial charge in [0.2, 0.25) is 0 Å². The topological polar surface area (TPSA) is 155 Å². The van der Waals surface area contributed by atoms with Gasteiger partial charge in [0, 0.05) is 52.0 Å². The van der Waals surface area contributed by atoms with Gasteiger partial charge in [-0.05, 0) is 39.8 Å². The first-order chi connectivity index (χ1) is 13.4. The average molecular weight is 449 g/mol. The number of pyridine rings is 1. The maximum Gasteiger partial charge on any atom is 0.0465 e. The van der Waals surface area contributed by atoms with Crippen molar-refractivity contribution in [3.8, 4) is 0 Å². The van der Waals surface area contributed by atoms with Gasteiger partial charge < -0.3 is 47.9 Å². The second kappa shape index (κ2) is 23.6. The van der Waals surface area contributed by atoms with Crippen LogP contribution < -0.4 is 0 Å². The van der Waals surface area contributed by atoms with E-state index < -0.39 is 0 Å². The minimum atomic E-state index is 0. The van der Waals surface area contributed by atoms with E-state index in [1.165, 1.54) is 59.8 Å². The van der Waals surface area contributed by atoms with Crippen LogP contribution in [0.3, 0.4) is 0 Å². The summed E-state index contributed by atoms with van der Waals surface area (Å²) in [5.41, 5.74) is 0.556. The van der Waals surface area contributed by atoms with Crippen molar-refractivity contribution in [2.75, 3.05) is 0 Å². The zero-order chi connectivity index (χ0) is 21.6. The average Bonchev–Trinajstić information content (AvgIpc) is 2.80. The Labute approximate surface area is 183 Å². The molecule has 1 aliphatic rings. The maximum absolute atomic E-state index is 9.60. The van der Waals surface area contributed by atoms with Gasteiger partial charge in [-0.25, -0.2) is 0 Å². The fourth-order valence-electron chi connectivity index (χ4n) is 1.48. The normalized spacial score (nSPS) is 14.5. The van der Waals surface area contributed by atoms with Crippen LogP contribution in [0.5, 0.6) is 0 Å². The summed E-state index contributed by atoms with van der Waals surface area (Å²) in [7, 11) is 0. The number of nitrogens with zero attached hydrogens (tertiary/aromatic N) is 5. The van der Waals surface area contributed by atoms with Gasteiger partial charge in [-0.3, -0.25) is 4.98 Å². The number of hydrogen-bond acceptors (Lipinski definition) is 9. The summed E-state index contributed by atoms with van der Waals surface area (Å²) < 4.78 is 0. The van der Waals surface area contributed by atoms with Crippen LogP contribution in [0.2, 0.25) is 0 Å². The van der Waals surface area contributed by atoms with Crippen molar-refractivity contribution in [2.24, 2.45) is 20.6 Å². The second-order valence-corrected chi connectivity index (χ2v) is 5.66. The molecule has 1 heterocycles. The van der Waals surface area contributed by atoms with E-state index in [1.54, 1.807) is 12.4 Å². The molecule has 1 aromatic rings. The molecule has 1 fully saturated rings. The van der Waals surface area contributed by atoms with Crippen LogP contribution in [0.25, 0.3) is 0 Å². The molecule has 29 heavy (non-hydrogen) atoms. The molecule has 0 atom stereocenters. The Kier molecular flexibility index (Phi) is 25.4. The standard InChI is InChI=1S/C6H11.C5H5N.2C4H8N2O2.Co/c2*1-2-4-6-5-3-1;2*1-3(5-7)4(2)6-8;/h1H,2-6H2;1-5H;2*7-8H,1-2H3;/q-1;;;;/p-4. The molecule has 9 nitrogen and oxygen atoms in total. The Morgan fingerprint density at radius 3 is 1.10 bits per heavy atom. The fraction of sp³-hybridized carbons (Fsp3) is 0.474. The molecule has 1 aromatic heterocycles. The van der Waals surface area contributed by atoms with Crippen LogP contribution in [-0.4, -0.2) is 27.8 Å². The van der Waals surface area contributed by atoms with E-state index in [0.29, 0.717) is 0 Å². The third-order valence-electron chi connectivity index (χ3n) is 3.48. The Morgan fingerprint density at radius 1 is 0.655 bits per heavy atom. The van der Waals surface area contributed by atoms with Crippen LogP contribution in [0, 0.1) is 27.2 Å². The van der Waals surface area contributed by atoms with Crippen molar-refractivity contribution < 1.29 is 16.8 Å². The van der Waals surface area contributed by atoms with E-state index in [2.05, 4.69) is 32.0 Å². The quantitative estimate of drug-likeness (QED) is 0.351. The van der Waals surface area contributed by atoms with Gasteiger partial charge in [0.15, 0.2) is 0 Å². The van der Waals surface area contributed by atoms with Crippen LogP contribution in [-0.2, 0) is 16.8 Å². The number of rotatable bonds is 2. The first kappa shape index (κ1) is 31.2. The van der Waals surface area contributed by atoms with Crippen molar-refractivity contribution in [2.45, 2.75) is 59.8 Å². The minimum absolute atomic E-state index is 0. The van der Waals surface area contributed by atoms with Crippen LogP contribution in [0.1, 0.15) is 59.8 Å². The molecule has 0 aliphatic heterocycles. The zero-order valence-corrected chi connectivity index (χ0v) is 18.2. The summed E-state index contributed by atoms with van der Waals surface area (Å²) in [5, 5.41) is 48.4. The van der Waals surface area contributed by atoms with E-state index >= 15 is 0 Å². The van der Waals surface area contributed by atoms with Gasteiger partial charge in [0.05, 0.1) is 0 Å². The summed E-state index contributed by atoms with van der Waals surface area (Å²) in [6.07, 6.45) is 13.0. The van der Waals surface area contributed by atoms with E-state index in [9.17, 15) is 20.8 Å². The van der Waals surface area contributed by atoms with Gasteiger partial charge >= 0.3 is 0 Å². The molecule has 1 saturated carbocycles. The maximum atomic E-state index is 9.60. The molecule has 0 saturated heterocycles. The summed E-state index contributed by atoms with van der Waals surface area (Å²) in [6, 6.07) is 5.72. The Balaban J connectivity index is -0.000000309. The summed E-state index contributed by atoms with van der Waals surface area (Å²) in [5.74, 6) is 0. The first-order valence-corrected chi connectivity index (χ1v) is 8.79. The Hall–Kier alpha value is -2.46. The van der Waals surface area contributed by atoms with Crippen LogP contribution in [0.4, 0.5) is 0 Å². The Bertz CT molecular complexity index is 502. The Morgan fingerprint density at radius 2 is 1.00 bits per heavy atom. The van der Waals surface area contributed by atoms with Crippen molar-refractivity contribution in [3.63, 3.8) is 0 Å². The van der Waals surface area contributed by atoms with E-state index in [4.69, 9.17) is 0 Å². The fourth-order valence-corrected chi connectivity index (χ4v) is 1.48. The SMILES string of the molecule is CC(=N[O-])C(C)=N[O-].CC(=N[O-])C(C)=N[O-].[CH-]1CCCCC1.[Co].c1ccncc1. The molecule has 167 valence electrons. The van der Waals surface area contributed by atoms with Gasteiger partial charge in [0.1, 0.15) is 0 Å². The summed E-state index contributed by atoms with van der Waals surface area (Å²) >= 11 is 0. The first-order valence-electron chi connectivity index (χ1n) is 8.79. The summed E-state index contributed by atoms with van der Waals surface area (Å²) in [6.45, 7) is 5.74. The molecule has 10 heteroatoms. The van der Waals surface area contributed by atoms with Gasteiger partial charge in [0.25, 0.3) is 0 Å². The van der Waals surface area contributed by atoms with E-state index in [-0.39, 0.29) is 39.6 Å². The monoisotopic (exact) mass is 449 g/mol. The number of aromatic nitrogens is 1. The van der Waals surface area contributed by atoms with Crippen LogP contribution >= 0.6 is 0 Å². The third-order valence-corrected chi connectivity index (χ3v) is 3.48. The smallest absolute Gasteiger partial charge is 0.0465 e. The van der Waals surface area contributed by atoms with Gasteiger partial charge in [-0.2, -0.15) is 12.8 Å². The van der Waals surface area contributed by atoms with E-state index in [0.717, 1.165) is 0 Å². The van der Waals surface area contributed by atoms with Gasteiger partial charge in [-0.1, -0.05) is 25.3 Å². The van der Waals surface area contributed by atoms with E-state index in [1.807, 2.05) is 18.2 Å². The van der Waals surface area contributed by atoms with Crippen molar-refractivity contribution in [3.05, 3.63) is 57.8 Å². The van der Waals surface area contributed by atoms with Crippen molar-refractivity contribution in [1.82, 2.24) is 4.98 Å². The third kappa shape index (κ3) is 21.7. The predicted molar refractivity (Wildman–Crippen MR) is 118 cm³/mol. The molecular weight excluding hydrogens is 421 g/mol. The predicted octanol–water partition coefficient (Wildman–Crippen LogP) is 5.04. The van der Waals surface area contributed by atoms with Gasteiger partial charge in [-0.15, -0.1) is 0 Å². The van der Waals surface area contributed by atoms with Crippen molar-refractivity contribution in [1.29, 1.82) is 0 Å². The molecule has 1 radical (unpaired) electrons. The molecule has 0 unspecified atom stereocenters. The second-order valence-electron chi connectivity index (χ2n) is 5.66. The molecule has 0 aromatic carbocycles. The van der Waals surface area contributed by atoms with Crippen molar-refractivity contribution >= 4 is 22.8 Å². The minimum Gasteiger partial charge on any atom is -0.792 e. The largest absolute Gasteiger partial charge is 0.792 e. The summed E-state index contributed by atoms with van der Waals surface area (Å²) in [4.78, 5) is 3.78. The molecule has 0 N–H and O–H groups in total. The molecule has 0 bridgehead atoms. The molecular formula is C19H28CoN5O4-5. The van der Waals surface area contributed by atoms with Crippen LogP contribution in [0.15, 0.2) is 51.2 Å².